The summed E-state index contributed by atoms with van der Waals surface area (Å²) in [5.74, 6) is -0.306. The van der Waals surface area contributed by atoms with E-state index in [-0.39, 0.29) is 11.9 Å². The van der Waals surface area contributed by atoms with Gasteiger partial charge in [-0.05, 0) is 31.0 Å². The van der Waals surface area contributed by atoms with E-state index >= 15 is 0 Å². The molecular formula is C13H19NO2. The maximum absolute atomic E-state index is 11.8. The minimum absolute atomic E-state index is 0.144. The lowest BCUT2D eigenvalue weighted by Gasteiger charge is -2.15. The molecule has 1 aromatic rings. The number of carbonyl (C=O) groups is 1. The highest BCUT2D eigenvalue weighted by molar-refractivity contribution is 5.78. The van der Waals surface area contributed by atoms with Crippen LogP contribution in [0.2, 0.25) is 0 Å². The number of esters is 1. The van der Waals surface area contributed by atoms with Crippen LogP contribution < -0.4 is 5.73 Å². The maximum atomic E-state index is 11.8. The first-order chi connectivity index (χ1) is 7.69. The Balaban J connectivity index is 2.84. The molecule has 0 aliphatic carbocycles. The van der Waals surface area contributed by atoms with Crippen LogP contribution in [-0.4, -0.2) is 12.6 Å². The standard InChI is InChI=1S/C13H19NO2/c1-3-5-12(13(15)16-4-2)10-6-8-11(14)9-7-10/h6-9,12H,3-5,14H2,1-2H3/t12-/m0/s1. The van der Waals surface area contributed by atoms with Crippen molar-refractivity contribution in [3.05, 3.63) is 29.8 Å². The molecule has 3 heteroatoms. The molecule has 0 heterocycles. The largest absolute Gasteiger partial charge is 0.466 e. The summed E-state index contributed by atoms with van der Waals surface area (Å²) in [5.41, 5.74) is 7.31. The van der Waals surface area contributed by atoms with Crippen molar-refractivity contribution < 1.29 is 9.53 Å². The van der Waals surface area contributed by atoms with Crippen molar-refractivity contribution in [2.24, 2.45) is 0 Å². The lowest BCUT2D eigenvalue weighted by Crippen LogP contribution is -2.15. The van der Waals surface area contributed by atoms with Crippen LogP contribution in [0.3, 0.4) is 0 Å². The maximum Gasteiger partial charge on any atom is 0.313 e. The molecule has 3 nitrogen and oxygen atoms in total. The normalized spacial score (nSPS) is 12.1. The van der Waals surface area contributed by atoms with E-state index in [0.717, 1.165) is 18.4 Å². The minimum atomic E-state index is -0.162. The zero-order chi connectivity index (χ0) is 12.0. The van der Waals surface area contributed by atoms with Crippen LogP contribution in [0, 0.1) is 0 Å². The summed E-state index contributed by atoms with van der Waals surface area (Å²) in [7, 11) is 0. The van der Waals surface area contributed by atoms with E-state index in [1.807, 2.05) is 31.2 Å². The molecule has 0 aliphatic heterocycles. The molecule has 0 aromatic heterocycles. The van der Waals surface area contributed by atoms with E-state index in [9.17, 15) is 4.79 Å². The van der Waals surface area contributed by atoms with Gasteiger partial charge >= 0.3 is 5.97 Å². The van der Waals surface area contributed by atoms with Gasteiger partial charge in [0.05, 0.1) is 12.5 Å². The third-order valence-corrected chi connectivity index (χ3v) is 2.49. The van der Waals surface area contributed by atoms with Gasteiger partial charge in [0.1, 0.15) is 0 Å². The lowest BCUT2D eigenvalue weighted by atomic mass is 9.94. The molecule has 1 rings (SSSR count). The third kappa shape index (κ3) is 3.26. The number of anilines is 1. The van der Waals surface area contributed by atoms with Gasteiger partial charge in [-0.3, -0.25) is 4.79 Å². The zero-order valence-corrected chi connectivity index (χ0v) is 9.90. The molecule has 0 spiro atoms. The number of hydrogen-bond acceptors (Lipinski definition) is 3. The van der Waals surface area contributed by atoms with Gasteiger partial charge in [0.25, 0.3) is 0 Å². The topological polar surface area (TPSA) is 52.3 Å². The van der Waals surface area contributed by atoms with Gasteiger partial charge in [-0.25, -0.2) is 0 Å². The van der Waals surface area contributed by atoms with Gasteiger partial charge in [-0.1, -0.05) is 25.5 Å². The SMILES string of the molecule is CCC[C@H](C(=O)OCC)c1ccc(N)cc1. The van der Waals surface area contributed by atoms with Crippen LogP contribution in [0.5, 0.6) is 0 Å². The van der Waals surface area contributed by atoms with Crippen LogP contribution in [0.1, 0.15) is 38.2 Å². The quantitative estimate of drug-likeness (QED) is 0.614. The van der Waals surface area contributed by atoms with Crippen molar-refractivity contribution >= 4 is 11.7 Å². The van der Waals surface area contributed by atoms with Crippen LogP contribution >= 0.6 is 0 Å². The second-order valence-electron chi connectivity index (χ2n) is 3.76. The van der Waals surface area contributed by atoms with Crippen molar-refractivity contribution in [1.29, 1.82) is 0 Å². The predicted molar refractivity (Wildman–Crippen MR) is 65.1 cm³/mol. The number of nitrogen functional groups attached to an aromatic ring is 1. The van der Waals surface area contributed by atoms with Crippen LogP contribution in [0.25, 0.3) is 0 Å². The van der Waals surface area contributed by atoms with Gasteiger partial charge in [-0.2, -0.15) is 0 Å². The van der Waals surface area contributed by atoms with Gasteiger partial charge < -0.3 is 10.5 Å². The van der Waals surface area contributed by atoms with E-state index in [4.69, 9.17) is 10.5 Å². The smallest absolute Gasteiger partial charge is 0.313 e. The lowest BCUT2D eigenvalue weighted by molar-refractivity contribution is -0.145. The molecule has 1 aromatic carbocycles. The van der Waals surface area contributed by atoms with E-state index < -0.39 is 0 Å². The Labute approximate surface area is 96.6 Å². The summed E-state index contributed by atoms with van der Waals surface area (Å²) < 4.78 is 5.07. The van der Waals surface area contributed by atoms with Crippen molar-refractivity contribution in [3.8, 4) is 0 Å². The molecular weight excluding hydrogens is 202 g/mol. The number of nitrogens with two attached hydrogens (primary N) is 1. The molecule has 0 aliphatic rings. The number of rotatable bonds is 5. The summed E-state index contributed by atoms with van der Waals surface area (Å²) in [6, 6.07) is 7.42. The first-order valence-corrected chi connectivity index (χ1v) is 5.71. The van der Waals surface area contributed by atoms with Crippen LogP contribution in [0.4, 0.5) is 5.69 Å². The Morgan fingerprint density at radius 1 is 1.31 bits per heavy atom. The van der Waals surface area contributed by atoms with Gasteiger partial charge in [0.15, 0.2) is 0 Å². The monoisotopic (exact) mass is 221 g/mol. The Bertz CT molecular complexity index is 332. The summed E-state index contributed by atoms with van der Waals surface area (Å²) >= 11 is 0. The number of ether oxygens (including phenoxy) is 1. The van der Waals surface area contributed by atoms with Crippen LogP contribution in [-0.2, 0) is 9.53 Å². The average molecular weight is 221 g/mol. The number of carbonyl (C=O) groups excluding carboxylic acids is 1. The van der Waals surface area contributed by atoms with E-state index in [0.29, 0.717) is 12.3 Å². The van der Waals surface area contributed by atoms with E-state index in [1.54, 1.807) is 0 Å². The van der Waals surface area contributed by atoms with Gasteiger partial charge in [0.2, 0.25) is 0 Å². The molecule has 88 valence electrons. The molecule has 0 unspecified atom stereocenters. The molecule has 0 saturated heterocycles. The number of hydrogen-bond donors (Lipinski definition) is 1. The highest BCUT2D eigenvalue weighted by atomic mass is 16.5. The summed E-state index contributed by atoms with van der Waals surface area (Å²) in [5, 5.41) is 0. The second-order valence-corrected chi connectivity index (χ2v) is 3.76. The highest BCUT2D eigenvalue weighted by Gasteiger charge is 2.20. The predicted octanol–water partition coefficient (Wildman–Crippen LogP) is 2.72. The van der Waals surface area contributed by atoms with Crippen molar-refractivity contribution in [1.82, 2.24) is 0 Å². The average Bonchev–Trinajstić information content (AvgIpc) is 2.28. The molecule has 1 atom stereocenters. The Morgan fingerprint density at radius 3 is 2.44 bits per heavy atom. The fourth-order valence-corrected chi connectivity index (χ4v) is 1.68. The fraction of sp³-hybridized carbons (Fsp3) is 0.462. The van der Waals surface area contributed by atoms with Crippen LogP contribution in [0.15, 0.2) is 24.3 Å². The minimum Gasteiger partial charge on any atom is -0.466 e. The Hall–Kier alpha value is -1.51. The molecule has 16 heavy (non-hydrogen) atoms. The molecule has 0 amide bonds. The molecule has 0 bridgehead atoms. The molecule has 0 saturated carbocycles. The first kappa shape index (κ1) is 12.6. The summed E-state index contributed by atoms with van der Waals surface area (Å²) in [6.07, 6.45) is 1.76. The van der Waals surface area contributed by atoms with Gasteiger partial charge in [0, 0.05) is 5.69 Å². The fourth-order valence-electron chi connectivity index (χ4n) is 1.68. The van der Waals surface area contributed by atoms with Crippen molar-refractivity contribution in [2.75, 3.05) is 12.3 Å². The zero-order valence-electron chi connectivity index (χ0n) is 9.90. The molecule has 0 radical (unpaired) electrons. The second kappa shape index (κ2) is 6.16. The van der Waals surface area contributed by atoms with Crippen molar-refractivity contribution in [3.63, 3.8) is 0 Å². The van der Waals surface area contributed by atoms with Gasteiger partial charge in [-0.15, -0.1) is 0 Å². The number of benzene rings is 1. The summed E-state index contributed by atoms with van der Waals surface area (Å²) in [6.45, 7) is 4.31. The Kier molecular flexibility index (Phi) is 4.83. The van der Waals surface area contributed by atoms with E-state index in [2.05, 4.69) is 6.92 Å². The molecule has 0 fully saturated rings. The van der Waals surface area contributed by atoms with Crippen molar-refractivity contribution in [2.45, 2.75) is 32.6 Å². The van der Waals surface area contributed by atoms with E-state index in [1.165, 1.54) is 0 Å². The molecule has 2 N–H and O–H groups in total. The summed E-state index contributed by atoms with van der Waals surface area (Å²) in [4.78, 5) is 11.8. The Morgan fingerprint density at radius 2 is 1.94 bits per heavy atom. The first-order valence-electron chi connectivity index (χ1n) is 5.71. The highest BCUT2D eigenvalue weighted by Crippen LogP contribution is 2.23. The third-order valence-electron chi connectivity index (χ3n) is 2.49.